The Hall–Kier alpha value is -1.24. The van der Waals surface area contributed by atoms with Crippen molar-refractivity contribution in [2.24, 2.45) is 0 Å². The summed E-state index contributed by atoms with van der Waals surface area (Å²) in [7, 11) is 4.11. The molecule has 1 aromatic carbocycles. The predicted octanol–water partition coefficient (Wildman–Crippen LogP) is 3.64. The first kappa shape index (κ1) is 17.1. The van der Waals surface area contributed by atoms with Crippen LogP contribution in [0, 0.1) is 0 Å². The van der Waals surface area contributed by atoms with Crippen molar-refractivity contribution in [1.82, 2.24) is 15.2 Å². The Balaban J connectivity index is 1.85. The molecule has 2 aromatic rings. The highest BCUT2D eigenvalue weighted by molar-refractivity contribution is 9.10. The summed E-state index contributed by atoms with van der Waals surface area (Å²) in [5, 5.41) is 5.60. The van der Waals surface area contributed by atoms with Gasteiger partial charge in [-0.05, 0) is 45.6 Å². The van der Waals surface area contributed by atoms with Crippen molar-refractivity contribution >= 4 is 33.2 Å². The largest absolute Gasteiger partial charge is 0.351 e. The van der Waals surface area contributed by atoms with E-state index in [1.165, 1.54) is 11.3 Å². The predicted molar refractivity (Wildman–Crippen MR) is 95.4 cm³/mol. The van der Waals surface area contributed by atoms with Crippen LogP contribution in [0.1, 0.15) is 23.3 Å². The molecule has 0 saturated heterocycles. The Kier molecular flexibility index (Phi) is 6.54. The molecule has 0 saturated carbocycles. The summed E-state index contributed by atoms with van der Waals surface area (Å²) < 4.78 is 1.03. The van der Waals surface area contributed by atoms with Crippen LogP contribution < -0.4 is 5.32 Å². The molecule has 1 N–H and O–H groups in total. The van der Waals surface area contributed by atoms with Gasteiger partial charge in [0.05, 0.1) is 0 Å². The number of carbonyl (C=O) groups is 1. The number of rotatable bonds is 7. The highest BCUT2D eigenvalue weighted by Crippen LogP contribution is 2.25. The molecule has 0 spiro atoms. The zero-order valence-electron chi connectivity index (χ0n) is 12.8. The number of hydrogen-bond acceptors (Lipinski definition) is 4. The third-order valence-electron chi connectivity index (χ3n) is 3.15. The Morgan fingerprint density at radius 3 is 2.68 bits per heavy atom. The third-order valence-corrected chi connectivity index (χ3v) is 4.57. The van der Waals surface area contributed by atoms with Gasteiger partial charge in [0.1, 0.15) is 10.7 Å². The van der Waals surface area contributed by atoms with Gasteiger partial charge in [0, 0.05) is 22.0 Å². The second-order valence-corrected chi connectivity index (χ2v) is 7.08. The number of nitrogens with zero attached hydrogens (tertiary/aromatic N) is 2. The minimum absolute atomic E-state index is 0.0931. The highest BCUT2D eigenvalue weighted by Gasteiger charge is 2.11. The lowest BCUT2D eigenvalue weighted by molar-refractivity contribution is 0.0948. The van der Waals surface area contributed by atoms with Crippen LogP contribution in [0.15, 0.2) is 34.1 Å². The molecule has 118 valence electrons. The molecule has 22 heavy (non-hydrogen) atoms. The van der Waals surface area contributed by atoms with Gasteiger partial charge in [-0.2, -0.15) is 0 Å². The molecule has 0 atom stereocenters. The standard InChI is InChI=1S/C16H20BrN3OS/c1-20(2)10-4-3-9-18-15(21)14-11-22-16(19-14)12-5-7-13(17)8-6-12/h5-8,11H,3-4,9-10H2,1-2H3,(H,18,21). The van der Waals surface area contributed by atoms with Crippen molar-refractivity contribution in [2.75, 3.05) is 27.2 Å². The summed E-state index contributed by atoms with van der Waals surface area (Å²) in [5.41, 5.74) is 1.52. The minimum atomic E-state index is -0.0931. The fraction of sp³-hybridized carbons (Fsp3) is 0.375. The second-order valence-electron chi connectivity index (χ2n) is 5.31. The van der Waals surface area contributed by atoms with Crippen molar-refractivity contribution in [3.8, 4) is 10.6 Å². The molecular formula is C16H20BrN3OS. The van der Waals surface area contributed by atoms with E-state index in [1.807, 2.05) is 29.6 Å². The summed E-state index contributed by atoms with van der Waals surface area (Å²) in [6.07, 6.45) is 2.06. The zero-order chi connectivity index (χ0) is 15.9. The van der Waals surface area contributed by atoms with Crippen LogP contribution in [0.5, 0.6) is 0 Å². The van der Waals surface area contributed by atoms with E-state index in [-0.39, 0.29) is 5.91 Å². The quantitative estimate of drug-likeness (QED) is 0.744. The van der Waals surface area contributed by atoms with Gasteiger partial charge in [-0.1, -0.05) is 28.1 Å². The van der Waals surface area contributed by atoms with Gasteiger partial charge >= 0.3 is 0 Å². The number of halogens is 1. The van der Waals surface area contributed by atoms with Crippen LogP contribution in [0.4, 0.5) is 0 Å². The first-order valence-electron chi connectivity index (χ1n) is 7.20. The molecule has 2 rings (SSSR count). The van der Waals surface area contributed by atoms with Gasteiger partial charge < -0.3 is 10.2 Å². The Morgan fingerprint density at radius 1 is 1.27 bits per heavy atom. The van der Waals surface area contributed by atoms with Crippen LogP contribution in [0.3, 0.4) is 0 Å². The van der Waals surface area contributed by atoms with E-state index in [2.05, 4.69) is 45.2 Å². The molecule has 4 nitrogen and oxygen atoms in total. The molecule has 0 unspecified atom stereocenters. The van der Waals surface area contributed by atoms with Gasteiger partial charge in [0.15, 0.2) is 0 Å². The van der Waals surface area contributed by atoms with E-state index in [9.17, 15) is 4.79 Å². The lowest BCUT2D eigenvalue weighted by Crippen LogP contribution is -2.25. The molecule has 0 aliphatic rings. The molecule has 0 radical (unpaired) electrons. The number of thiazole rings is 1. The number of aromatic nitrogens is 1. The maximum absolute atomic E-state index is 12.1. The van der Waals surface area contributed by atoms with Gasteiger partial charge in [0.25, 0.3) is 5.91 Å². The molecule has 1 amide bonds. The number of carbonyl (C=O) groups excluding carboxylic acids is 1. The van der Waals surface area contributed by atoms with Gasteiger partial charge in [-0.15, -0.1) is 11.3 Å². The molecule has 6 heteroatoms. The molecule has 0 bridgehead atoms. The van der Waals surface area contributed by atoms with Crippen molar-refractivity contribution in [3.05, 3.63) is 39.8 Å². The van der Waals surface area contributed by atoms with Crippen LogP contribution in [0.25, 0.3) is 10.6 Å². The first-order chi connectivity index (χ1) is 10.6. The SMILES string of the molecule is CN(C)CCCCNC(=O)c1csc(-c2ccc(Br)cc2)n1. The maximum Gasteiger partial charge on any atom is 0.270 e. The zero-order valence-corrected chi connectivity index (χ0v) is 15.2. The number of unbranched alkanes of at least 4 members (excludes halogenated alkanes) is 1. The molecule has 1 heterocycles. The average molecular weight is 382 g/mol. The summed E-state index contributed by atoms with van der Waals surface area (Å²) in [5.74, 6) is -0.0931. The fourth-order valence-electron chi connectivity index (χ4n) is 1.95. The first-order valence-corrected chi connectivity index (χ1v) is 8.88. The van der Waals surface area contributed by atoms with E-state index >= 15 is 0 Å². The highest BCUT2D eigenvalue weighted by atomic mass is 79.9. The monoisotopic (exact) mass is 381 g/mol. The molecular weight excluding hydrogens is 362 g/mol. The fourth-order valence-corrected chi connectivity index (χ4v) is 3.02. The van der Waals surface area contributed by atoms with Gasteiger partial charge in [-0.25, -0.2) is 4.98 Å². The van der Waals surface area contributed by atoms with Crippen LogP contribution >= 0.6 is 27.3 Å². The van der Waals surface area contributed by atoms with E-state index in [1.54, 1.807) is 0 Å². The van der Waals surface area contributed by atoms with E-state index in [0.29, 0.717) is 12.2 Å². The van der Waals surface area contributed by atoms with Crippen molar-refractivity contribution in [3.63, 3.8) is 0 Å². The van der Waals surface area contributed by atoms with Crippen molar-refractivity contribution < 1.29 is 4.79 Å². The Labute approximate surface area is 143 Å². The molecule has 0 fully saturated rings. The summed E-state index contributed by atoms with van der Waals surface area (Å²) >= 11 is 4.90. The smallest absolute Gasteiger partial charge is 0.270 e. The third kappa shape index (κ3) is 5.19. The molecule has 1 aromatic heterocycles. The van der Waals surface area contributed by atoms with E-state index in [4.69, 9.17) is 0 Å². The summed E-state index contributed by atoms with van der Waals surface area (Å²) in [6.45, 7) is 1.73. The Morgan fingerprint density at radius 2 is 2.00 bits per heavy atom. The van der Waals surface area contributed by atoms with Crippen LogP contribution in [-0.2, 0) is 0 Å². The van der Waals surface area contributed by atoms with Crippen molar-refractivity contribution in [2.45, 2.75) is 12.8 Å². The summed E-state index contributed by atoms with van der Waals surface area (Å²) in [4.78, 5) is 18.6. The van der Waals surface area contributed by atoms with Gasteiger partial charge in [-0.3, -0.25) is 4.79 Å². The Bertz CT molecular complexity index is 610. The van der Waals surface area contributed by atoms with Crippen LogP contribution in [0.2, 0.25) is 0 Å². The minimum Gasteiger partial charge on any atom is -0.351 e. The van der Waals surface area contributed by atoms with Gasteiger partial charge in [0.2, 0.25) is 0 Å². The molecule has 0 aliphatic carbocycles. The maximum atomic E-state index is 12.1. The second kappa shape index (κ2) is 8.41. The van der Waals surface area contributed by atoms with E-state index < -0.39 is 0 Å². The average Bonchev–Trinajstić information content (AvgIpc) is 2.97. The van der Waals surface area contributed by atoms with Crippen LogP contribution in [-0.4, -0.2) is 43.0 Å². The number of amides is 1. The lowest BCUT2D eigenvalue weighted by Gasteiger charge is -2.08. The summed E-state index contributed by atoms with van der Waals surface area (Å²) in [6, 6.07) is 7.93. The lowest BCUT2D eigenvalue weighted by atomic mass is 10.2. The topological polar surface area (TPSA) is 45.2 Å². The van der Waals surface area contributed by atoms with Crippen molar-refractivity contribution in [1.29, 1.82) is 0 Å². The number of benzene rings is 1. The van der Waals surface area contributed by atoms with E-state index in [0.717, 1.165) is 34.4 Å². The normalized spacial score (nSPS) is 10.9. The molecule has 0 aliphatic heterocycles. The number of hydrogen-bond donors (Lipinski definition) is 1. The number of nitrogens with one attached hydrogen (secondary N) is 1.